The van der Waals surface area contributed by atoms with E-state index in [1.54, 1.807) is 47.3 Å². The van der Waals surface area contributed by atoms with Gasteiger partial charge >= 0.3 is 6.36 Å². The highest BCUT2D eigenvalue weighted by Crippen LogP contribution is 2.30. The molecule has 198 valence electrons. The molecule has 0 aliphatic rings. The summed E-state index contributed by atoms with van der Waals surface area (Å²) in [5, 5.41) is 10.7. The third kappa shape index (κ3) is 6.24. The molecule has 12 heteroatoms. The fraction of sp³-hybridized carbons (Fsp3) is 0.192. The molecule has 0 atom stereocenters. The maximum Gasteiger partial charge on any atom is 0.573 e. The van der Waals surface area contributed by atoms with Crippen molar-refractivity contribution < 1.29 is 32.2 Å². The predicted octanol–water partition coefficient (Wildman–Crippen LogP) is 5.40. The lowest BCUT2D eigenvalue weighted by Gasteiger charge is -2.13. The molecule has 0 spiro atoms. The number of ether oxygens (including phenoxy) is 2. The molecule has 38 heavy (non-hydrogen) atoms. The van der Waals surface area contributed by atoms with Crippen LogP contribution in [0.15, 0.2) is 60.8 Å². The van der Waals surface area contributed by atoms with Crippen molar-refractivity contribution in [3.8, 4) is 11.4 Å². The Balaban J connectivity index is 1.57. The molecule has 0 aliphatic heterocycles. The van der Waals surface area contributed by atoms with E-state index in [0.717, 1.165) is 0 Å². The lowest BCUT2D eigenvalue weighted by molar-refractivity contribution is -0.274. The minimum Gasteiger partial charge on any atom is -0.406 e. The number of alkyl halides is 3. The first kappa shape index (κ1) is 27.0. The Morgan fingerprint density at radius 1 is 1.11 bits per heavy atom. The number of carbonyl (C=O) groups excluding carboxylic acids is 2. The number of benzene rings is 3. The Kier molecular flexibility index (Phi) is 7.88. The molecule has 4 rings (SSSR count). The number of nitrogens with zero attached hydrogens (tertiary/aromatic N) is 2. The van der Waals surface area contributed by atoms with Gasteiger partial charge in [0.15, 0.2) is 0 Å². The SMILES string of the molecule is COCC(=O)NCc1ccc(Cl)c(C(=O)Nc2cccc3c2cnn3-c2ccc(OC(F)(F)F)c(C)c2)c1. The summed E-state index contributed by atoms with van der Waals surface area (Å²) in [6, 6.07) is 14.2. The fourth-order valence-electron chi connectivity index (χ4n) is 3.80. The highest BCUT2D eigenvalue weighted by molar-refractivity contribution is 6.34. The van der Waals surface area contributed by atoms with Crippen LogP contribution in [-0.4, -0.2) is 41.7 Å². The van der Waals surface area contributed by atoms with E-state index in [-0.39, 0.29) is 41.0 Å². The smallest absolute Gasteiger partial charge is 0.406 e. The molecule has 2 amide bonds. The molecule has 4 aromatic rings. The van der Waals surface area contributed by atoms with Gasteiger partial charge in [-0.3, -0.25) is 9.59 Å². The van der Waals surface area contributed by atoms with Gasteiger partial charge in [-0.1, -0.05) is 23.7 Å². The molecular weight excluding hydrogens is 525 g/mol. The van der Waals surface area contributed by atoms with Crippen molar-refractivity contribution in [2.24, 2.45) is 0 Å². The van der Waals surface area contributed by atoms with Crippen LogP contribution in [0.2, 0.25) is 5.02 Å². The summed E-state index contributed by atoms with van der Waals surface area (Å²) in [6.07, 6.45) is -3.25. The summed E-state index contributed by atoms with van der Waals surface area (Å²) in [4.78, 5) is 24.8. The number of hydrogen-bond acceptors (Lipinski definition) is 5. The van der Waals surface area contributed by atoms with Gasteiger partial charge in [-0.15, -0.1) is 13.2 Å². The molecule has 0 unspecified atom stereocenters. The molecule has 8 nitrogen and oxygen atoms in total. The first-order chi connectivity index (χ1) is 18.1. The lowest BCUT2D eigenvalue weighted by Crippen LogP contribution is -2.26. The number of aryl methyl sites for hydroxylation is 1. The van der Waals surface area contributed by atoms with Crippen LogP contribution in [0, 0.1) is 6.92 Å². The highest BCUT2D eigenvalue weighted by atomic mass is 35.5. The van der Waals surface area contributed by atoms with E-state index in [2.05, 4.69) is 20.5 Å². The van der Waals surface area contributed by atoms with Gasteiger partial charge in [-0.2, -0.15) is 5.10 Å². The predicted molar refractivity (Wildman–Crippen MR) is 136 cm³/mol. The highest BCUT2D eigenvalue weighted by Gasteiger charge is 2.31. The first-order valence-electron chi connectivity index (χ1n) is 11.2. The van der Waals surface area contributed by atoms with Gasteiger partial charge in [-0.05, 0) is 60.5 Å². The number of amides is 2. The Bertz CT molecular complexity index is 1500. The van der Waals surface area contributed by atoms with Crippen molar-refractivity contribution in [1.29, 1.82) is 0 Å². The summed E-state index contributed by atoms with van der Waals surface area (Å²) in [5.74, 6) is -1.07. The van der Waals surface area contributed by atoms with Crippen molar-refractivity contribution in [3.63, 3.8) is 0 Å². The van der Waals surface area contributed by atoms with Crippen molar-refractivity contribution in [1.82, 2.24) is 15.1 Å². The summed E-state index contributed by atoms with van der Waals surface area (Å²) in [5.41, 5.74) is 2.76. The Morgan fingerprint density at radius 2 is 1.89 bits per heavy atom. The van der Waals surface area contributed by atoms with E-state index in [9.17, 15) is 22.8 Å². The zero-order valence-electron chi connectivity index (χ0n) is 20.2. The van der Waals surface area contributed by atoms with Crippen LogP contribution in [-0.2, 0) is 16.1 Å². The third-order valence-electron chi connectivity index (χ3n) is 5.53. The zero-order valence-corrected chi connectivity index (χ0v) is 21.0. The maximum absolute atomic E-state index is 13.1. The number of rotatable bonds is 8. The topological polar surface area (TPSA) is 94.5 Å². The quantitative estimate of drug-likeness (QED) is 0.308. The number of anilines is 1. The summed E-state index contributed by atoms with van der Waals surface area (Å²) < 4.78 is 48.2. The third-order valence-corrected chi connectivity index (χ3v) is 5.86. The van der Waals surface area contributed by atoms with E-state index in [1.807, 2.05) is 0 Å². The van der Waals surface area contributed by atoms with Gasteiger partial charge in [0.1, 0.15) is 12.4 Å². The molecule has 0 bridgehead atoms. The van der Waals surface area contributed by atoms with E-state index < -0.39 is 12.3 Å². The van der Waals surface area contributed by atoms with Gasteiger partial charge in [0.25, 0.3) is 5.91 Å². The number of nitrogens with one attached hydrogen (secondary N) is 2. The van der Waals surface area contributed by atoms with Crippen LogP contribution in [0.5, 0.6) is 5.75 Å². The van der Waals surface area contributed by atoms with Crippen LogP contribution >= 0.6 is 11.6 Å². The molecular formula is C26H22ClF3N4O4. The summed E-state index contributed by atoms with van der Waals surface area (Å²) in [7, 11) is 1.42. The van der Waals surface area contributed by atoms with E-state index in [4.69, 9.17) is 16.3 Å². The fourth-order valence-corrected chi connectivity index (χ4v) is 4.00. The monoisotopic (exact) mass is 546 g/mol. The summed E-state index contributed by atoms with van der Waals surface area (Å²) >= 11 is 6.27. The largest absolute Gasteiger partial charge is 0.573 e. The number of aromatic nitrogens is 2. The van der Waals surface area contributed by atoms with Crippen LogP contribution < -0.4 is 15.4 Å². The molecule has 0 radical (unpaired) electrons. The van der Waals surface area contributed by atoms with Gasteiger partial charge in [0.2, 0.25) is 5.91 Å². The Hall–Kier alpha value is -4.09. The lowest BCUT2D eigenvalue weighted by atomic mass is 10.1. The van der Waals surface area contributed by atoms with Crippen LogP contribution in [0.3, 0.4) is 0 Å². The van der Waals surface area contributed by atoms with E-state index >= 15 is 0 Å². The van der Waals surface area contributed by atoms with E-state index in [0.29, 0.717) is 27.8 Å². The molecule has 1 heterocycles. The first-order valence-corrected chi connectivity index (χ1v) is 11.6. The molecule has 2 N–H and O–H groups in total. The van der Waals surface area contributed by atoms with Gasteiger partial charge in [0.05, 0.1) is 33.7 Å². The molecule has 0 aliphatic carbocycles. The number of carbonyl (C=O) groups is 2. The number of halogens is 4. The molecule has 3 aromatic carbocycles. The number of fused-ring (bicyclic) bond motifs is 1. The second-order valence-corrected chi connectivity index (χ2v) is 8.68. The standard InChI is InChI=1S/C26H22ClF3N4O4/c1-15-10-17(7-9-23(15)38-26(28,29)30)34-22-5-3-4-21(19(22)13-32-34)33-25(36)18-11-16(6-8-20(18)27)12-31-24(35)14-37-2/h3-11,13H,12,14H2,1-2H3,(H,31,35)(H,33,36). The average molecular weight is 547 g/mol. The van der Waals surface area contributed by atoms with Gasteiger partial charge in [0, 0.05) is 19.0 Å². The van der Waals surface area contributed by atoms with Crippen molar-refractivity contribution >= 4 is 40.0 Å². The minimum atomic E-state index is -4.79. The summed E-state index contributed by atoms with van der Waals surface area (Å²) in [6.45, 7) is 1.61. The second kappa shape index (κ2) is 11.1. The maximum atomic E-state index is 13.1. The average Bonchev–Trinajstić information content (AvgIpc) is 3.29. The van der Waals surface area contributed by atoms with Crippen molar-refractivity contribution in [2.45, 2.75) is 19.8 Å². The van der Waals surface area contributed by atoms with Crippen LogP contribution in [0.25, 0.3) is 16.6 Å². The van der Waals surface area contributed by atoms with Crippen LogP contribution in [0.1, 0.15) is 21.5 Å². The second-order valence-electron chi connectivity index (χ2n) is 8.27. The molecule has 0 saturated carbocycles. The number of hydrogen-bond donors (Lipinski definition) is 2. The molecule has 0 saturated heterocycles. The normalized spacial score (nSPS) is 11.4. The van der Waals surface area contributed by atoms with Crippen LogP contribution in [0.4, 0.5) is 18.9 Å². The van der Waals surface area contributed by atoms with Gasteiger partial charge in [-0.25, -0.2) is 4.68 Å². The zero-order chi connectivity index (χ0) is 27.4. The minimum absolute atomic E-state index is 0.0797. The van der Waals surface area contributed by atoms with E-state index in [1.165, 1.54) is 32.2 Å². The molecule has 1 aromatic heterocycles. The van der Waals surface area contributed by atoms with Gasteiger partial charge < -0.3 is 20.1 Å². The van der Waals surface area contributed by atoms with Crippen molar-refractivity contribution in [3.05, 3.63) is 82.5 Å². The van der Waals surface area contributed by atoms with Crippen molar-refractivity contribution in [2.75, 3.05) is 19.0 Å². The Morgan fingerprint density at radius 3 is 2.61 bits per heavy atom. The molecule has 0 fully saturated rings. The Labute approximate surface area is 220 Å². The number of methoxy groups -OCH3 is 1.